The van der Waals surface area contributed by atoms with Crippen molar-refractivity contribution >= 4 is 21.7 Å². The number of rotatable bonds is 9. The number of aryl methyl sites for hydroxylation is 2. The zero-order valence-electron chi connectivity index (χ0n) is 21.5. The Balaban J connectivity index is 1.89. The van der Waals surface area contributed by atoms with Crippen molar-refractivity contribution < 1.29 is 17.9 Å². The van der Waals surface area contributed by atoms with E-state index in [9.17, 15) is 13.2 Å². The summed E-state index contributed by atoms with van der Waals surface area (Å²) >= 11 is 0. The predicted octanol–water partition coefficient (Wildman–Crippen LogP) is 5.40. The van der Waals surface area contributed by atoms with Gasteiger partial charge in [-0.3, -0.25) is 4.99 Å². The minimum absolute atomic E-state index is 0.0964. The van der Waals surface area contributed by atoms with Gasteiger partial charge in [-0.2, -0.15) is 0 Å². The molecule has 0 spiro atoms. The summed E-state index contributed by atoms with van der Waals surface area (Å²) in [6.07, 6.45) is 0. The summed E-state index contributed by atoms with van der Waals surface area (Å²) < 4.78 is 35.0. The van der Waals surface area contributed by atoms with Gasteiger partial charge in [-0.15, -0.1) is 0 Å². The number of nitrogens with zero attached hydrogens (tertiary/aromatic N) is 1. The highest BCUT2D eigenvalue weighted by Crippen LogP contribution is 2.26. The average molecular weight is 527 g/mol. The maximum atomic E-state index is 13.5. The third-order valence-electron chi connectivity index (χ3n) is 6.17. The molecular formula is C31H30N2O4S. The van der Waals surface area contributed by atoms with Gasteiger partial charge in [0.05, 0.1) is 23.8 Å². The summed E-state index contributed by atoms with van der Waals surface area (Å²) in [6, 6.07) is 30.6. The molecule has 0 saturated heterocycles. The minimum atomic E-state index is -4.01. The van der Waals surface area contributed by atoms with Gasteiger partial charge in [0.2, 0.25) is 10.0 Å². The number of nitrogens with one attached hydrogen (secondary N) is 1. The lowest BCUT2D eigenvalue weighted by Gasteiger charge is -2.25. The molecule has 194 valence electrons. The molecule has 0 aliphatic carbocycles. The fraction of sp³-hybridized carbons (Fsp3) is 0.161. The Morgan fingerprint density at radius 2 is 1.21 bits per heavy atom. The Kier molecular flexibility index (Phi) is 8.51. The van der Waals surface area contributed by atoms with Crippen molar-refractivity contribution in [2.24, 2.45) is 4.99 Å². The molecule has 1 N–H and O–H groups in total. The van der Waals surface area contributed by atoms with Crippen molar-refractivity contribution in [3.05, 3.63) is 137 Å². The second-order valence-electron chi connectivity index (χ2n) is 9.00. The van der Waals surface area contributed by atoms with Crippen LogP contribution in [0.5, 0.6) is 0 Å². The molecule has 0 fully saturated rings. The van der Waals surface area contributed by atoms with Crippen LogP contribution < -0.4 is 4.72 Å². The third kappa shape index (κ3) is 6.43. The Bertz CT molecular complexity index is 1460. The molecule has 6 nitrogen and oxygen atoms in total. The summed E-state index contributed by atoms with van der Waals surface area (Å²) in [7, 11) is -2.74. The molecule has 0 saturated carbocycles. The van der Waals surface area contributed by atoms with Gasteiger partial charge in [-0.05, 0) is 31.5 Å². The van der Waals surface area contributed by atoms with Gasteiger partial charge in [0.25, 0.3) is 0 Å². The van der Waals surface area contributed by atoms with E-state index in [0.29, 0.717) is 11.3 Å². The summed E-state index contributed by atoms with van der Waals surface area (Å²) in [5, 5.41) is 0. The third-order valence-corrected chi connectivity index (χ3v) is 7.63. The lowest BCUT2D eigenvalue weighted by molar-refractivity contribution is -0.142. The number of esters is 1. The normalized spacial score (nSPS) is 12.8. The van der Waals surface area contributed by atoms with Gasteiger partial charge in [-0.25, -0.2) is 17.9 Å². The molecule has 4 rings (SSSR count). The SMILES string of the molecule is COC(=O)[C@@H](N=C(c1ccccc1)c1ccccc1)[C@H](NS(=O)(=O)c1ccc(C)cc1)c1ccc(C)cc1. The molecule has 0 heterocycles. The molecule has 0 amide bonds. The van der Waals surface area contributed by atoms with E-state index in [0.717, 1.165) is 22.3 Å². The fourth-order valence-corrected chi connectivity index (χ4v) is 5.30. The van der Waals surface area contributed by atoms with Crippen LogP contribution in [0.15, 0.2) is 119 Å². The number of methoxy groups -OCH3 is 1. The lowest BCUT2D eigenvalue weighted by atomic mass is 9.97. The van der Waals surface area contributed by atoms with Gasteiger partial charge < -0.3 is 4.74 Å². The number of hydrogen-bond acceptors (Lipinski definition) is 5. The van der Waals surface area contributed by atoms with E-state index in [-0.39, 0.29) is 4.90 Å². The molecule has 38 heavy (non-hydrogen) atoms. The van der Waals surface area contributed by atoms with Crippen LogP contribution in [-0.2, 0) is 19.6 Å². The topological polar surface area (TPSA) is 84.8 Å². The molecule has 7 heteroatoms. The summed E-state index contributed by atoms with van der Waals surface area (Å²) in [5.41, 5.74) is 4.65. The van der Waals surface area contributed by atoms with Crippen molar-refractivity contribution in [3.8, 4) is 0 Å². The van der Waals surface area contributed by atoms with E-state index in [4.69, 9.17) is 9.73 Å². The van der Waals surface area contributed by atoms with Gasteiger partial charge in [0.15, 0.2) is 6.04 Å². The Labute approximate surface area is 224 Å². The van der Waals surface area contributed by atoms with Crippen molar-refractivity contribution in [2.75, 3.05) is 7.11 Å². The lowest BCUT2D eigenvalue weighted by Crippen LogP contribution is -2.40. The van der Waals surface area contributed by atoms with Crippen molar-refractivity contribution in [2.45, 2.75) is 30.8 Å². The highest BCUT2D eigenvalue weighted by Gasteiger charge is 2.35. The van der Waals surface area contributed by atoms with Crippen molar-refractivity contribution in [3.63, 3.8) is 0 Å². The number of carbonyl (C=O) groups is 1. The molecule has 0 aliphatic rings. The molecule has 0 bridgehead atoms. The quantitative estimate of drug-likeness (QED) is 0.234. The van der Waals surface area contributed by atoms with E-state index >= 15 is 0 Å². The number of aliphatic imine (C=N–C) groups is 1. The Morgan fingerprint density at radius 1 is 0.737 bits per heavy atom. The minimum Gasteiger partial charge on any atom is -0.467 e. The highest BCUT2D eigenvalue weighted by molar-refractivity contribution is 7.89. The van der Waals surface area contributed by atoms with Gasteiger partial charge in [0.1, 0.15) is 0 Å². The standard InChI is InChI=1S/C31H30N2O4S/c1-22-14-18-26(19-15-22)29(33-38(35,36)27-20-16-23(2)17-21-27)30(31(34)37-3)32-28(24-10-6-4-7-11-24)25-12-8-5-9-13-25/h4-21,29-30,33H,1-3H3/t29-,30+/m1/s1. The zero-order valence-corrected chi connectivity index (χ0v) is 22.4. The van der Waals surface area contributed by atoms with Crippen LogP contribution in [0.25, 0.3) is 0 Å². The Morgan fingerprint density at radius 3 is 1.68 bits per heavy atom. The summed E-state index contributed by atoms with van der Waals surface area (Å²) in [6.45, 7) is 3.82. The monoisotopic (exact) mass is 526 g/mol. The van der Waals surface area contributed by atoms with Crippen LogP contribution in [0.2, 0.25) is 0 Å². The smallest absolute Gasteiger partial charge is 0.332 e. The fourth-order valence-electron chi connectivity index (χ4n) is 4.07. The summed E-state index contributed by atoms with van der Waals surface area (Å²) in [5.74, 6) is -0.661. The number of ether oxygens (including phenoxy) is 1. The molecule has 0 aromatic heterocycles. The summed E-state index contributed by atoms with van der Waals surface area (Å²) in [4.78, 5) is 18.3. The van der Waals surface area contributed by atoms with Crippen LogP contribution >= 0.6 is 0 Å². The number of sulfonamides is 1. The highest BCUT2D eigenvalue weighted by atomic mass is 32.2. The first-order valence-corrected chi connectivity index (χ1v) is 13.7. The first-order chi connectivity index (χ1) is 18.3. The molecule has 0 unspecified atom stereocenters. The van der Waals surface area contributed by atoms with Crippen LogP contribution in [0, 0.1) is 13.8 Å². The Hall–Kier alpha value is -4.07. The molecule has 0 radical (unpaired) electrons. The van der Waals surface area contributed by atoms with E-state index < -0.39 is 28.1 Å². The van der Waals surface area contributed by atoms with E-state index in [1.54, 1.807) is 36.4 Å². The second-order valence-corrected chi connectivity index (χ2v) is 10.7. The molecular weight excluding hydrogens is 496 g/mol. The maximum Gasteiger partial charge on any atom is 0.332 e. The van der Waals surface area contributed by atoms with Crippen LogP contribution in [-0.4, -0.2) is 33.3 Å². The van der Waals surface area contributed by atoms with Crippen LogP contribution in [0.4, 0.5) is 0 Å². The molecule has 2 atom stereocenters. The number of carbonyl (C=O) groups excluding carboxylic acids is 1. The van der Waals surface area contributed by atoms with E-state index in [1.165, 1.54) is 7.11 Å². The van der Waals surface area contributed by atoms with Crippen LogP contribution in [0.3, 0.4) is 0 Å². The maximum absolute atomic E-state index is 13.5. The van der Waals surface area contributed by atoms with Crippen molar-refractivity contribution in [1.82, 2.24) is 4.72 Å². The largest absolute Gasteiger partial charge is 0.467 e. The molecule has 0 aliphatic heterocycles. The van der Waals surface area contributed by atoms with Gasteiger partial charge in [0, 0.05) is 11.1 Å². The number of benzene rings is 4. The molecule has 4 aromatic rings. The average Bonchev–Trinajstić information content (AvgIpc) is 2.94. The van der Waals surface area contributed by atoms with Gasteiger partial charge >= 0.3 is 5.97 Å². The first kappa shape index (κ1) is 27.0. The van der Waals surface area contributed by atoms with Gasteiger partial charge in [-0.1, -0.05) is 108 Å². The molecule has 4 aromatic carbocycles. The van der Waals surface area contributed by atoms with Crippen molar-refractivity contribution in [1.29, 1.82) is 0 Å². The number of hydrogen-bond donors (Lipinski definition) is 1. The predicted molar refractivity (Wildman–Crippen MR) is 150 cm³/mol. The zero-order chi connectivity index (χ0) is 27.1. The van der Waals surface area contributed by atoms with Crippen LogP contribution in [0.1, 0.15) is 33.9 Å². The first-order valence-electron chi connectivity index (χ1n) is 12.2. The second kappa shape index (κ2) is 12.0. The van der Waals surface area contributed by atoms with E-state index in [2.05, 4.69) is 4.72 Å². The van der Waals surface area contributed by atoms with E-state index in [1.807, 2.05) is 86.6 Å².